The second-order valence-electron chi connectivity index (χ2n) is 3.02. The summed E-state index contributed by atoms with van der Waals surface area (Å²) < 4.78 is 14.1. The summed E-state index contributed by atoms with van der Waals surface area (Å²) >= 11 is 4.56. The zero-order chi connectivity index (χ0) is 10.8. The van der Waals surface area contributed by atoms with Crippen molar-refractivity contribution in [2.75, 3.05) is 0 Å². The van der Waals surface area contributed by atoms with Gasteiger partial charge in [-0.25, -0.2) is 4.39 Å². The molecule has 1 heterocycles. The molecular weight excluding hydrogens is 279 g/mol. The van der Waals surface area contributed by atoms with Gasteiger partial charge in [0.15, 0.2) is 0 Å². The number of thiazole rings is 1. The Kier molecular flexibility index (Phi) is 3.14. The fraction of sp³-hybridized carbons (Fsp3) is 0.100. The van der Waals surface area contributed by atoms with Gasteiger partial charge >= 0.3 is 0 Å². The Balaban J connectivity index is 2.42. The highest BCUT2D eigenvalue weighted by Gasteiger charge is 2.16. The highest BCUT2D eigenvalue weighted by Crippen LogP contribution is 2.28. The summed E-state index contributed by atoms with van der Waals surface area (Å²) in [7, 11) is 0. The fourth-order valence-corrected chi connectivity index (χ4v) is 2.31. The van der Waals surface area contributed by atoms with Gasteiger partial charge in [-0.05, 0) is 22.0 Å². The van der Waals surface area contributed by atoms with E-state index in [1.54, 1.807) is 29.9 Å². The van der Waals surface area contributed by atoms with Gasteiger partial charge in [0.1, 0.15) is 5.82 Å². The van der Waals surface area contributed by atoms with Crippen LogP contribution in [-0.2, 0) is 0 Å². The van der Waals surface area contributed by atoms with E-state index in [0.29, 0.717) is 10.0 Å². The number of hydrogen-bond donors (Lipinski definition) is 1. The smallest absolute Gasteiger partial charge is 0.142 e. The molecule has 2 N–H and O–H groups in total. The van der Waals surface area contributed by atoms with Crippen LogP contribution in [0.3, 0.4) is 0 Å². The van der Waals surface area contributed by atoms with Crippen molar-refractivity contribution in [2.45, 2.75) is 6.04 Å². The Hall–Kier alpha value is -0.780. The van der Waals surface area contributed by atoms with E-state index in [4.69, 9.17) is 5.73 Å². The Morgan fingerprint density at radius 2 is 2.27 bits per heavy atom. The van der Waals surface area contributed by atoms with Crippen molar-refractivity contribution in [3.8, 4) is 0 Å². The van der Waals surface area contributed by atoms with E-state index in [2.05, 4.69) is 20.9 Å². The van der Waals surface area contributed by atoms with Gasteiger partial charge in [-0.2, -0.15) is 0 Å². The zero-order valence-electron chi connectivity index (χ0n) is 7.65. The molecule has 0 saturated carbocycles. The van der Waals surface area contributed by atoms with Gasteiger partial charge in [0.2, 0.25) is 0 Å². The molecule has 0 bridgehead atoms. The van der Waals surface area contributed by atoms with Crippen LogP contribution in [0.2, 0.25) is 0 Å². The lowest BCUT2D eigenvalue weighted by Crippen LogP contribution is -2.12. The first-order valence-electron chi connectivity index (χ1n) is 4.28. The van der Waals surface area contributed by atoms with Crippen LogP contribution in [0.5, 0.6) is 0 Å². The molecule has 15 heavy (non-hydrogen) atoms. The van der Waals surface area contributed by atoms with Crippen LogP contribution in [0.1, 0.15) is 16.5 Å². The quantitative estimate of drug-likeness (QED) is 0.921. The van der Waals surface area contributed by atoms with Crippen molar-refractivity contribution < 1.29 is 4.39 Å². The van der Waals surface area contributed by atoms with E-state index in [9.17, 15) is 4.39 Å². The van der Waals surface area contributed by atoms with Gasteiger partial charge in [-0.3, -0.25) is 4.98 Å². The van der Waals surface area contributed by atoms with Crippen LogP contribution in [0.4, 0.5) is 4.39 Å². The normalized spacial score (nSPS) is 12.7. The number of nitrogens with zero attached hydrogens (tertiary/aromatic N) is 1. The topological polar surface area (TPSA) is 38.9 Å². The first-order chi connectivity index (χ1) is 7.20. The predicted octanol–water partition coefficient (Wildman–Crippen LogP) is 3.09. The summed E-state index contributed by atoms with van der Waals surface area (Å²) in [5, 5.41) is 0. The number of hydrogen-bond acceptors (Lipinski definition) is 3. The lowest BCUT2D eigenvalue weighted by atomic mass is 10.1. The molecule has 1 atom stereocenters. The molecule has 0 aliphatic carbocycles. The Bertz CT molecular complexity index is 458. The standard InChI is InChI=1S/C10H8BrFN2S/c11-7-3-1-2-6(9(7)12)10(13)8-4-14-5-15-8/h1-5,10H,13H2. The summed E-state index contributed by atoms with van der Waals surface area (Å²) in [6.07, 6.45) is 1.66. The van der Waals surface area contributed by atoms with Gasteiger partial charge in [0, 0.05) is 16.6 Å². The van der Waals surface area contributed by atoms with E-state index >= 15 is 0 Å². The maximum atomic E-state index is 13.7. The van der Waals surface area contributed by atoms with Crippen LogP contribution >= 0.6 is 27.3 Å². The molecule has 1 aromatic carbocycles. The van der Waals surface area contributed by atoms with Crippen LogP contribution in [0, 0.1) is 5.82 Å². The molecule has 5 heteroatoms. The molecule has 2 rings (SSSR count). The molecule has 78 valence electrons. The van der Waals surface area contributed by atoms with Crippen molar-refractivity contribution in [3.63, 3.8) is 0 Å². The van der Waals surface area contributed by atoms with Crippen molar-refractivity contribution in [1.82, 2.24) is 4.98 Å². The highest BCUT2D eigenvalue weighted by molar-refractivity contribution is 9.10. The van der Waals surface area contributed by atoms with Gasteiger partial charge in [-0.15, -0.1) is 11.3 Å². The Morgan fingerprint density at radius 1 is 1.47 bits per heavy atom. The third kappa shape index (κ3) is 2.09. The molecule has 0 spiro atoms. The fourth-order valence-electron chi connectivity index (χ4n) is 1.29. The third-order valence-electron chi connectivity index (χ3n) is 2.07. The lowest BCUT2D eigenvalue weighted by molar-refractivity contribution is 0.594. The van der Waals surface area contributed by atoms with Crippen molar-refractivity contribution in [1.29, 1.82) is 0 Å². The SMILES string of the molecule is NC(c1cncs1)c1cccc(Br)c1F. The zero-order valence-corrected chi connectivity index (χ0v) is 10.1. The molecule has 1 aromatic heterocycles. The monoisotopic (exact) mass is 286 g/mol. The first kappa shape index (κ1) is 10.7. The first-order valence-corrected chi connectivity index (χ1v) is 5.95. The summed E-state index contributed by atoms with van der Waals surface area (Å²) in [5.74, 6) is -0.307. The molecule has 0 amide bonds. The lowest BCUT2D eigenvalue weighted by Gasteiger charge is -2.11. The second-order valence-corrected chi connectivity index (χ2v) is 4.80. The van der Waals surface area contributed by atoms with Crippen LogP contribution in [0.25, 0.3) is 0 Å². The molecule has 0 radical (unpaired) electrons. The van der Waals surface area contributed by atoms with Gasteiger partial charge in [0.05, 0.1) is 16.0 Å². The number of nitrogens with two attached hydrogens (primary N) is 1. The summed E-state index contributed by atoms with van der Waals surface area (Å²) in [4.78, 5) is 4.78. The third-order valence-corrected chi connectivity index (χ3v) is 3.55. The number of rotatable bonds is 2. The molecule has 0 saturated heterocycles. The molecule has 2 aromatic rings. The van der Waals surface area contributed by atoms with E-state index in [0.717, 1.165) is 4.88 Å². The molecule has 1 unspecified atom stereocenters. The maximum Gasteiger partial charge on any atom is 0.142 e. The Morgan fingerprint density at radius 3 is 2.93 bits per heavy atom. The molecular formula is C10H8BrFN2S. The van der Waals surface area contributed by atoms with Crippen molar-refractivity contribution in [2.24, 2.45) is 5.73 Å². The summed E-state index contributed by atoms with van der Waals surface area (Å²) in [5.41, 5.74) is 8.11. The summed E-state index contributed by atoms with van der Waals surface area (Å²) in [6, 6.07) is 4.65. The number of aromatic nitrogens is 1. The minimum atomic E-state index is -0.449. The molecule has 0 fully saturated rings. The van der Waals surface area contributed by atoms with Gasteiger partial charge in [0.25, 0.3) is 0 Å². The highest BCUT2D eigenvalue weighted by atomic mass is 79.9. The van der Waals surface area contributed by atoms with E-state index in [1.165, 1.54) is 11.3 Å². The van der Waals surface area contributed by atoms with Crippen molar-refractivity contribution in [3.05, 3.63) is 50.6 Å². The van der Waals surface area contributed by atoms with Gasteiger partial charge in [-0.1, -0.05) is 12.1 Å². The Labute approximate surface area is 99.1 Å². The second kappa shape index (κ2) is 4.38. The molecule has 2 nitrogen and oxygen atoms in total. The van der Waals surface area contributed by atoms with E-state index in [1.807, 2.05) is 0 Å². The minimum Gasteiger partial charge on any atom is -0.319 e. The maximum absolute atomic E-state index is 13.7. The average Bonchev–Trinajstić information content (AvgIpc) is 2.74. The average molecular weight is 287 g/mol. The van der Waals surface area contributed by atoms with Crippen LogP contribution in [0.15, 0.2) is 34.4 Å². The van der Waals surface area contributed by atoms with Gasteiger partial charge < -0.3 is 5.73 Å². The van der Waals surface area contributed by atoms with E-state index in [-0.39, 0.29) is 5.82 Å². The number of benzene rings is 1. The van der Waals surface area contributed by atoms with E-state index < -0.39 is 6.04 Å². The molecule has 0 aliphatic heterocycles. The van der Waals surface area contributed by atoms with Crippen molar-refractivity contribution >= 4 is 27.3 Å². The number of halogens is 2. The minimum absolute atomic E-state index is 0.307. The summed E-state index contributed by atoms with van der Waals surface area (Å²) in [6.45, 7) is 0. The van der Waals surface area contributed by atoms with Crippen LogP contribution < -0.4 is 5.73 Å². The predicted molar refractivity (Wildman–Crippen MR) is 62.2 cm³/mol. The molecule has 0 aliphatic rings. The largest absolute Gasteiger partial charge is 0.319 e. The van der Waals surface area contributed by atoms with Crippen LogP contribution in [-0.4, -0.2) is 4.98 Å².